The van der Waals surface area contributed by atoms with Gasteiger partial charge in [-0.15, -0.1) is 0 Å². The van der Waals surface area contributed by atoms with E-state index in [0.717, 1.165) is 28.6 Å². The van der Waals surface area contributed by atoms with Crippen molar-refractivity contribution < 1.29 is 22.6 Å². The number of nitrogens with zero attached hydrogens (tertiary/aromatic N) is 2. The van der Waals surface area contributed by atoms with Gasteiger partial charge in [0.25, 0.3) is 0 Å². The maximum atomic E-state index is 13.9. The van der Waals surface area contributed by atoms with Crippen LogP contribution in [-0.4, -0.2) is 50.8 Å². The van der Waals surface area contributed by atoms with Crippen molar-refractivity contribution in [3.05, 3.63) is 83.2 Å². The molecule has 4 rings (SSSR count). The van der Waals surface area contributed by atoms with Gasteiger partial charge in [0.05, 0.1) is 34.2 Å². The van der Waals surface area contributed by atoms with Gasteiger partial charge in [0.1, 0.15) is 12.8 Å². The molecule has 1 aliphatic heterocycles. The van der Waals surface area contributed by atoms with Gasteiger partial charge in [0.2, 0.25) is 0 Å². The van der Waals surface area contributed by atoms with E-state index in [1.165, 1.54) is 0 Å². The Balaban J connectivity index is 1.58. The second-order valence-electron chi connectivity index (χ2n) is 13.7. The van der Waals surface area contributed by atoms with Crippen LogP contribution in [0.3, 0.4) is 0 Å². The van der Waals surface area contributed by atoms with E-state index in [9.17, 15) is 8.42 Å². The van der Waals surface area contributed by atoms with Crippen molar-refractivity contribution >= 4 is 17.9 Å². The van der Waals surface area contributed by atoms with Gasteiger partial charge in [0, 0.05) is 26.7 Å². The summed E-state index contributed by atoms with van der Waals surface area (Å²) in [5.74, 6) is 0. The maximum absolute atomic E-state index is 13.9. The molecule has 0 N–H and O–H groups in total. The van der Waals surface area contributed by atoms with E-state index in [1.54, 1.807) is 12.1 Å². The molecule has 0 aliphatic carbocycles. The molecule has 0 amide bonds. The fourth-order valence-corrected chi connectivity index (χ4v) is 7.84. The van der Waals surface area contributed by atoms with Crippen molar-refractivity contribution in [2.75, 3.05) is 19.8 Å². The summed E-state index contributed by atoms with van der Waals surface area (Å²) in [6, 6.07) is 20.4. The lowest BCUT2D eigenvalue weighted by molar-refractivity contribution is -0.0111. The van der Waals surface area contributed by atoms with Crippen LogP contribution >= 0.6 is 0 Å². The van der Waals surface area contributed by atoms with Crippen LogP contribution < -0.4 is 0 Å². The zero-order valence-corrected chi connectivity index (χ0v) is 28.2. The Bertz CT molecular complexity index is 1430. The van der Waals surface area contributed by atoms with Gasteiger partial charge in [-0.2, -0.15) is 5.10 Å². The Labute approximate surface area is 253 Å². The first-order valence-electron chi connectivity index (χ1n) is 14.9. The van der Waals surface area contributed by atoms with Crippen molar-refractivity contribution in [2.45, 2.75) is 101 Å². The molecule has 42 heavy (non-hydrogen) atoms. The first-order valence-corrected chi connectivity index (χ1v) is 20.1. The number of hydrogen-bond acceptors (Lipinski definition) is 6. The van der Waals surface area contributed by atoms with Crippen molar-refractivity contribution in [1.82, 2.24) is 9.78 Å². The lowest BCUT2D eigenvalue weighted by atomic mass is 9.89. The summed E-state index contributed by atoms with van der Waals surface area (Å²) in [6.45, 7) is 17.3. The highest BCUT2D eigenvalue weighted by molar-refractivity contribution is 7.92. The third-order valence-electron chi connectivity index (χ3n) is 8.13. The van der Waals surface area contributed by atoms with E-state index in [-0.39, 0.29) is 5.41 Å². The van der Waals surface area contributed by atoms with E-state index in [2.05, 4.69) is 51.7 Å². The van der Waals surface area contributed by atoms with Gasteiger partial charge in [-0.3, -0.25) is 0 Å². The van der Waals surface area contributed by atoms with E-state index < -0.39 is 28.8 Å². The monoisotopic (exact) mass is 612 g/mol. The van der Waals surface area contributed by atoms with Gasteiger partial charge >= 0.3 is 0 Å². The summed E-state index contributed by atoms with van der Waals surface area (Å²) in [7, 11) is -4.84. The molecule has 1 fully saturated rings. The van der Waals surface area contributed by atoms with Crippen LogP contribution in [0.4, 0.5) is 0 Å². The van der Waals surface area contributed by atoms with Gasteiger partial charge in [0.15, 0.2) is 9.84 Å². The fraction of sp³-hybridized carbons (Fsp3) is 0.545. The summed E-state index contributed by atoms with van der Waals surface area (Å²) < 4.78 is 47.2. The van der Waals surface area contributed by atoms with Crippen molar-refractivity contribution in [1.29, 1.82) is 0 Å². The zero-order valence-electron chi connectivity index (χ0n) is 26.4. The summed E-state index contributed by atoms with van der Waals surface area (Å²) in [5.41, 5.74) is 3.40. The Hall–Kier alpha value is -2.30. The molecule has 230 valence electrons. The standard InChI is InChI=1S/C33H48N2O5SSi/c1-26-12-11-15-28(20-26)41(36,37)33(4)16-17-40-30(22-33)29-21-31(34-35(29)25-38-18-19-42(5,6)7)32(2,3)24-39-23-27-13-9-8-10-14-27/h8-15,20-21,30H,16-19,22-25H2,1-7H3. The molecule has 3 aromatic rings. The molecule has 1 aliphatic rings. The molecular formula is C33H48N2O5SSi. The van der Waals surface area contributed by atoms with Crippen molar-refractivity contribution in [3.63, 3.8) is 0 Å². The van der Waals surface area contributed by atoms with Crippen molar-refractivity contribution in [3.8, 4) is 0 Å². The largest absolute Gasteiger partial charge is 0.376 e. The summed E-state index contributed by atoms with van der Waals surface area (Å²) in [6.07, 6.45) is 0.354. The molecular weight excluding hydrogens is 565 g/mol. The zero-order chi connectivity index (χ0) is 30.6. The fourth-order valence-electron chi connectivity index (χ4n) is 5.20. The minimum absolute atomic E-state index is 0.294. The van der Waals surface area contributed by atoms with E-state index in [1.807, 2.05) is 48.9 Å². The predicted molar refractivity (Wildman–Crippen MR) is 170 cm³/mol. The summed E-state index contributed by atoms with van der Waals surface area (Å²) >= 11 is 0. The molecule has 0 bridgehead atoms. The van der Waals surface area contributed by atoms with Crippen molar-refractivity contribution in [2.24, 2.45) is 0 Å². The molecule has 1 saturated heterocycles. The molecule has 9 heteroatoms. The van der Waals surface area contributed by atoms with Crippen LogP contribution in [0, 0.1) is 6.92 Å². The molecule has 2 aromatic carbocycles. The number of hydrogen-bond donors (Lipinski definition) is 0. The maximum Gasteiger partial charge on any atom is 0.184 e. The van der Waals surface area contributed by atoms with E-state index in [0.29, 0.717) is 50.9 Å². The van der Waals surface area contributed by atoms with Crippen LogP contribution in [0.15, 0.2) is 65.6 Å². The molecule has 0 saturated carbocycles. The highest BCUT2D eigenvalue weighted by Gasteiger charge is 2.46. The van der Waals surface area contributed by atoms with E-state index in [4.69, 9.17) is 19.3 Å². The second-order valence-corrected chi connectivity index (χ2v) is 21.8. The van der Waals surface area contributed by atoms with Gasteiger partial charge in [-0.25, -0.2) is 13.1 Å². The molecule has 2 atom stereocenters. The first-order chi connectivity index (χ1) is 19.7. The minimum atomic E-state index is -3.59. The minimum Gasteiger partial charge on any atom is -0.376 e. The highest BCUT2D eigenvalue weighted by Crippen LogP contribution is 2.42. The molecule has 2 heterocycles. The van der Waals surface area contributed by atoms with Crippen LogP contribution in [0.1, 0.15) is 62.2 Å². The van der Waals surface area contributed by atoms with Crippen LogP contribution in [0.25, 0.3) is 0 Å². The molecule has 1 aromatic heterocycles. The number of aromatic nitrogens is 2. The Kier molecular flexibility index (Phi) is 10.2. The van der Waals surface area contributed by atoms with Crippen LogP contribution in [0.2, 0.25) is 25.7 Å². The first kappa shape index (κ1) is 32.6. The Morgan fingerprint density at radius 2 is 1.81 bits per heavy atom. The third-order valence-corrected chi connectivity index (χ3v) is 12.4. The number of sulfone groups is 1. The summed E-state index contributed by atoms with van der Waals surface area (Å²) in [5, 5.41) is 4.99. The van der Waals surface area contributed by atoms with Gasteiger partial charge in [-0.05, 0) is 62.1 Å². The smallest absolute Gasteiger partial charge is 0.184 e. The third kappa shape index (κ3) is 7.99. The number of rotatable bonds is 13. The number of benzene rings is 2. The molecule has 0 radical (unpaired) electrons. The topological polar surface area (TPSA) is 79.7 Å². The lowest BCUT2D eigenvalue weighted by Gasteiger charge is -2.37. The van der Waals surface area contributed by atoms with Crippen LogP contribution in [-0.2, 0) is 42.8 Å². The van der Waals surface area contributed by atoms with Crippen LogP contribution in [0.5, 0.6) is 0 Å². The molecule has 0 spiro atoms. The molecule has 7 nitrogen and oxygen atoms in total. The second kappa shape index (κ2) is 13.1. The summed E-state index contributed by atoms with van der Waals surface area (Å²) in [4.78, 5) is 0.367. The average Bonchev–Trinajstić information content (AvgIpc) is 3.36. The highest BCUT2D eigenvalue weighted by atomic mass is 32.2. The SMILES string of the molecule is Cc1cccc(S(=O)(=O)C2(C)CCOC(c3cc(C(C)(C)COCc4ccccc4)nn3COCC[Si](C)(C)C)C2)c1. The van der Waals surface area contributed by atoms with Gasteiger partial charge < -0.3 is 14.2 Å². The average molecular weight is 613 g/mol. The normalized spacial score (nSPS) is 20.1. The lowest BCUT2D eigenvalue weighted by Crippen LogP contribution is -2.42. The predicted octanol–water partition coefficient (Wildman–Crippen LogP) is 7.08. The number of aryl methyl sites for hydroxylation is 1. The number of ether oxygens (including phenoxy) is 3. The van der Waals surface area contributed by atoms with E-state index >= 15 is 0 Å². The quantitative estimate of drug-likeness (QED) is 0.152. The Morgan fingerprint density at radius 1 is 1.07 bits per heavy atom. The Morgan fingerprint density at radius 3 is 2.50 bits per heavy atom. The van der Waals surface area contributed by atoms with Gasteiger partial charge in [-0.1, -0.05) is 76.0 Å². The molecule has 2 unspecified atom stereocenters.